The Morgan fingerprint density at radius 3 is 1.13 bits per heavy atom. The Balaban J connectivity index is 0.000000373. The predicted octanol–water partition coefficient (Wildman–Crippen LogP) is -2.82. The second-order valence-corrected chi connectivity index (χ2v) is 14.0. The Labute approximate surface area is 309 Å². The molecule has 294 valence electrons. The second kappa shape index (κ2) is 21.0. The largest absolute Gasteiger partial charge is 0.393 e. The molecule has 13 N–H and O–H groups in total. The van der Waals surface area contributed by atoms with E-state index in [1.165, 1.54) is 14.1 Å². The van der Waals surface area contributed by atoms with Gasteiger partial charge in [-0.2, -0.15) is 0 Å². The van der Waals surface area contributed by atoms with E-state index >= 15 is 0 Å². The van der Waals surface area contributed by atoms with Gasteiger partial charge in [0.15, 0.2) is 5.65 Å². The first-order valence-corrected chi connectivity index (χ1v) is 17.3. The van der Waals surface area contributed by atoms with Gasteiger partial charge in [-0.25, -0.2) is 0 Å². The fraction of sp³-hybridized carbons (Fsp3) is 0.735. The van der Waals surface area contributed by atoms with E-state index in [1.54, 1.807) is 25.5 Å². The predicted molar refractivity (Wildman–Crippen MR) is 187 cm³/mol. The number of carbonyl (C=O) groups excluding carboxylic acids is 9. The summed E-state index contributed by atoms with van der Waals surface area (Å²) in [4.78, 5) is 102. The molecule has 11 atom stereocenters. The van der Waals surface area contributed by atoms with Gasteiger partial charge in [-0.1, -0.05) is 13.8 Å². The Kier molecular flexibility index (Phi) is 15.6. The first kappa shape index (κ1) is 38.6. The molecule has 4 rings (SSSR count). The lowest BCUT2D eigenvalue weighted by atomic mass is 9.95. The van der Waals surface area contributed by atoms with E-state index in [0.717, 1.165) is 12.8 Å². The fourth-order valence-electron chi connectivity index (χ4n) is 7.48. The van der Waals surface area contributed by atoms with Crippen LogP contribution in [0.2, 0.25) is 5.65 Å². The van der Waals surface area contributed by atoms with Crippen molar-refractivity contribution in [2.45, 2.75) is 71.3 Å². The van der Waals surface area contributed by atoms with Crippen molar-refractivity contribution < 1.29 is 53.9 Å². The van der Waals surface area contributed by atoms with E-state index in [1.807, 2.05) is 25.3 Å². The maximum atomic E-state index is 11.4. The quantitative estimate of drug-likeness (QED) is 0.123. The topological polar surface area (TPSA) is 326 Å². The number of aliphatic hydroxyl groups excluding tert-OH is 1. The Morgan fingerprint density at radius 1 is 0.500 bits per heavy atom. The van der Waals surface area contributed by atoms with E-state index in [4.69, 9.17) is 5.65 Å². The van der Waals surface area contributed by atoms with Crippen LogP contribution in [0.3, 0.4) is 0 Å². The Hall–Kier alpha value is -4.61. The number of amides is 8. The van der Waals surface area contributed by atoms with Crippen molar-refractivity contribution in [1.29, 1.82) is 0 Å². The highest BCUT2D eigenvalue weighted by atomic mass is 16.3. The zero-order chi connectivity index (χ0) is 42.9. The molecule has 4 fully saturated rings. The summed E-state index contributed by atoms with van der Waals surface area (Å²) in [6.07, 6.45) is 2.93. The standard InChI is InChI=1S/2C9H16N2O2.C8H14N2O3.C8H12N2O3/c2*1-5-3-6(8(10)12)7(4-5)9(13)11-2;2*1-10-8(13)6-3-4(11)2-5(6)7(9)12/h2*5-7H,3-4H2,1-2H3,(H2,10,12)(H,11,13);4-6,11H,2-3H2,1H3,(H2,9,12)(H,10,13);5-6H,2-3H2,1H3,(H2,9,12)(H,10,13)/t2*5?,6-,7?;4?,5-,6?;5-,6?/m0000/s1/i/hD4. The molecule has 0 aromatic heterocycles. The van der Waals surface area contributed by atoms with Gasteiger partial charge in [0.05, 0.1) is 29.8 Å². The van der Waals surface area contributed by atoms with Crippen molar-refractivity contribution in [3.05, 3.63) is 0 Å². The maximum absolute atomic E-state index is 11.4. The fourth-order valence-corrected chi connectivity index (χ4v) is 7.48. The lowest BCUT2D eigenvalue weighted by Gasteiger charge is -2.13. The number of hydrogen-bond donors (Lipinski definition) is 9. The number of primary amides is 4. The zero-order valence-corrected chi connectivity index (χ0v) is 30.6. The van der Waals surface area contributed by atoms with Crippen LogP contribution in [0.1, 0.15) is 65.2 Å². The average Bonchev–Trinajstić information content (AvgIpc) is 4.00. The summed E-state index contributed by atoms with van der Waals surface area (Å²) in [5, 5.41) is 19.3. The molecule has 4 aliphatic rings. The molecule has 0 saturated heterocycles. The van der Waals surface area contributed by atoms with Crippen LogP contribution >= 0.6 is 0 Å². The van der Waals surface area contributed by atoms with Crippen LogP contribution < -0.4 is 44.2 Å². The molecule has 0 bridgehead atoms. The number of carbonyl (C=O) groups is 9. The molecule has 18 heteroatoms. The molecule has 8 amide bonds. The molecule has 18 nitrogen and oxygen atoms in total. The van der Waals surface area contributed by atoms with E-state index in [0.29, 0.717) is 24.7 Å². The number of Topliss-reactive ketones (excluding diaryl/α,β-unsaturated/α-hetero) is 1. The van der Waals surface area contributed by atoms with E-state index in [9.17, 15) is 48.3 Å². The molecule has 4 saturated carbocycles. The number of nitrogens with one attached hydrogen (secondary N) is 4. The summed E-state index contributed by atoms with van der Waals surface area (Å²) < 4.78 is 27.0. The molecule has 0 radical (unpaired) electrons. The second-order valence-electron chi connectivity index (χ2n) is 14.0. The molecular formula is C34H58N8O10. The summed E-state index contributed by atoms with van der Waals surface area (Å²) in [5.41, 5.74) is 7.21. The molecule has 4 aliphatic carbocycles. The highest BCUT2D eigenvalue weighted by Gasteiger charge is 2.42. The van der Waals surface area contributed by atoms with Crippen molar-refractivity contribution in [2.24, 2.45) is 82.1 Å². The van der Waals surface area contributed by atoms with Crippen molar-refractivity contribution in [1.82, 2.24) is 21.3 Å². The Bertz CT molecular complexity index is 1210. The number of nitrogens with two attached hydrogens (primary N) is 4. The van der Waals surface area contributed by atoms with Crippen molar-refractivity contribution in [3.63, 3.8) is 0 Å². The zero-order valence-electron chi connectivity index (χ0n) is 34.6. The highest BCUT2D eigenvalue weighted by molar-refractivity contribution is 5.97. The number of rotatable bonds is 8. The first-order valence-electron chi connectivity index (χ1n) is 19.3. The normalized spacial score (nSPS) is 32.3. The third-order valence-corrected chi connectivity index (χ3v) is 10.2. The van der Waals surface area contributed by atoms with Gasteiger partial charge in [-0.3, -0.25) is 43.2 Å². The monoisotopic (exact) mass is 742 g/mol. The minimum Gasteiger partial charge on any atom is -0.393 e. The summed E-state index contributed by atoms with van der Waals surface area (Å²) in [6, 6.07) is 0. The SMILES string of the molecule is [2H]NC(=O)[C@H]1CC(=O)CC1C(=O)NC.[2H]NC(=O)[C@H]1CC(C)CC1C(=O)NC.[2H]NC(=O)[C@H]1CC(C)CC1C(=O)NC.[2H]NC(=O)[C@H]1CC(O)CC1C(=O)NC. The van der Waals surface area contributed by atoms with Gasteiger partial charge in [-0.05, 0) is 50.4 Å². The molecule has 0 heterocycles. The maximum Gasteiger partial charge on any atom is 0.224 e. The van der Waals surface area contributed by atoms with Gasteiger partial charge >= 0.3 is 0 Å². The molecular weight excluding hydrogens is 680 g/mol. The van der Waals surface area contributed by atoms with E-state index < -0.39 is 41.6 Å². The number of aliphatic hydroxyl groups is 1. The molecule has 52 heavy (non-hydrogen) atoms. The van der Waals surface area contributed by atoms with Crippen molar-refractivity contribution in [2.75, 3.05) is 28.2 Å². The summed E-state index contributed by atoms with van der Waals surface area (Å²) in [6.45, 7) is 4.04. The lowest BCUT2D eigenvalue weighted by molar-refractivity contribution is -0.131. The summed E-state index contributed by atoms with van der Waals surface area (Å²) >= 11 is 0. The molecule has 0 aromatic carbocycles. The van der Waals surface area contributed by atoms with Gasteiger partial charge < -0.3 is 49.3 Å². The molecule has 0 spiro atoms. The van der Waals surface area contributed by atoms with Gasteiger partial charge in [0, 0.05) is 64.7 Å². The van der Waals surface area contributed by atoms with Gasteiger partial charge in [0.2, 0.25) is 47.3 Å². The van der Waals surface area contributed by atoms with Crippen LogP contribution in [0, 0.1) is 59.2 Å². The van der Waals surface area contributed by atoms with Gasteiger partial charge in [-0.15, -0.1) is 0 Å². The molecule has 7 unspecified atom stereocenters. The van der Waals surface area contributed by atoms with Crippen LogP contribution in [-0.2, 0) is 43.2 Å². The Morgan fingerprint density at radius 2 is 0.769 bits per heavy atom. The molecule has 0 aromatic rings. The minimum absolute atomic E-state index is 0.0583. The van der Waals surface area contributed by atoms with Crippen LogP contribution in [0.4, 0.5) is 0 Å². The smallest absolute Gasteiger partial charge is 0.224 e. The summed E-state index contributed by atoms with van der Waals surface area (Å²) in [7, 11) is 6.09. The molecule has 0 aliphatic heterocycles. The third kappa shape index (κ3) is 12.9. The average molecular weight is 743 g/mol. The van der Waals surface area contributed by atoms with Crippen LogP contribution in [0.25, 0.3) is 0 Å². The van der Waals surface area contributed by atoms with Gasteiger partial charge in [0.1, 0.15) is 5.78 Å². The minimum atomic E-state index is -0.681. The van der Waals surface area contributed by atoms with Crippen LogP contribution in [0.15, 0.2) is 0 Å². The van der Waals surface area contributed by atoms with Crippen molar-refractivity contribution >= 4 is 53.0 Å². The van der Waals surface area contributed by atoms with Crippen LogP contribution in [0.5, 0.6) is 0 Å². The van der Waals surface area contributed by atoms with Crippen molar-refractivity contribution in [3.8, 4) is 0 Å². The van der Waals surface area contributed by atoms with E-state index in [-0.39, 0.29) is 90.6 Å². The first-order chi connectivity index (χ1) is 26.4. The van der Waals surface area contributed by atoms with Crippen LogP contribution in [-0.4, -0.2) is 92.4 Å². The van der Waals surface area contributed by atoms with Gasteiger partial charge in [0.25, 0.3) is 0 Å². The van der Waals surface area contributed by atoms with E-state index in [2.05, 4.69) is 21.3 Å². The highest BCUT2D eigenvalue weighted by Crippen LogP contribution is 2.37. The lowest BCUT2D eigenvalue weighted by Crippen LogP contribution is -2.35. The third-order valence-electron chi connectivity index (χ3n) is 10.2. The number of hydrogen-bond acceptors (Lipinski definition) is 10. The summed E-state index contributed by atoms with van der Waals surface area (Å²) in [5.74, 6) is -5.45. The number of ketones is 1.